The Labute approximate surface area is 230 Å². The van der Waals surface area contributed by atoms with Gasteiger partial charge in [0.25, 0.3) is 0 Å². The van der Waals surface area contributed by atoms with Crippen LogP contribution >= 0.6 is 11.6 Å². The van der Waals surface area contributed by atoms with Gasteiger partial charge in [0, 0.05) is 17.5 Å². The molecule has 1 atom stereocenters. The van der Waals surface area contributed by atoms with Gasteiger partial charge in [-0.15, -0.1) is 0 Å². The second-order valence-corrected chi connectivity index (χ2v) is 13.6. The van der Waals surface area contributed by atoms with Gasteiger partial charge in [0.1, 0.15) is 11.8 Å². The molecule has 1 aliphatic heterocycles. The van der Waals surface area contributed by atoms with Crippen molar-refractivity contribution in [2.75, 3.05) is 0 Å². The van der Waals surface area contributed by atoms with Crippen LogP contribution in [-0.2, 0) is 18.9 Å². The molecule has 1 heterocycles. The third kappa shape index (κ3) is 6.62. The first kappa shape index (κ1) is 30.2. The first-order chi connectivity index (χ1) is 17.1. The Kier molecular flexibility index (Phi) is 9.30. The van der Waals surface area contributed by atoms with Crippen molar-refractivity contribution in [2.24, 2.45) is 5.92 Å². The summed E-state index contributed by atoms with van der Waals surface area (Å²) in [5.41, 5.74) is -0.646. The number of halogens is 1. The molecule has 3 rings (SSSR count). The molecule has 2 aliphatic rings. The van der Waals surface area contributed by atoms with E-state index in [1.807, 2.05) is 37.8 Å². The van der Waals surface area contributed by atoms with Crippen LogP contribution in [-0.4, -0.2) is 46.5 Å². The molecule has 0 aromatic heterocycles. The van der Waals surface area contributed by atoms with E-state index in [0.717, 1.165) is 56.2 Å². The molecule has 1 aliphatic carbocycles. The maximum atomic E-state index is 13.1. The number of hydrogen-bond donors (Lipinski definition) is 0. The van der Waals surface area contributed by atoms with Crippen molar-refractivity contribution in [3.8, 4) is 0 Å². The quantitative estimate of drug-likeness (QED) is 0.188. The summed E-state index contributed by atoms with van der Waals surface area (Å²) in [6, 6.07) is 8.14. The van der Waals surface area contributed by atoms with Gasteiger partial charge in [-0.3, -0.25) is 4.79 Å². The molecule has 0 bridgehead atoms. The summed E-state index contributed by atoms with van der Waals surface area (Å²) in [5, 5.41) is 0.750. The number of unbranched alkanes of at least 4 members (excludes halogenated alkanes) is 1. The topological polar surface area (TPSA) is 55.8 Å². The zero-order valence-corrected chi connectivity index (χ0v) is 25.0. The Balaban J connectivity index is 1.74. The van der Waals surface area contributed by atoms with Crippen LogP contribution in [0.1, 0.15) is 112 Å². The van der Waals surface area contributed by atoms with Crippen LogP contribution in [0.4, 0.5) is 0 Å². The third-order valence-corrected chi connectivity index (χ3v) is 9.20. The van der Waals surface area contributed by atoms with Crippen molar-refractivity contribution in [3.05, 3.63) is 34.9 Å². The molecule has 1 amide bonds. The van der Waals surface area contributed by atoms with E-state index in [9.17, 15) is 9.59 Å². The molecule has 5 nitrogen and oxygen atoms in total. The van der Waals surface area contributed by atoms with Gasteiger partial charge in [0.2, 0.25) is 5.91 Å². The first-order valence-electron chi connectivity index (χ1n) is 14.0. The summed E-state index contributed by atoms with van der Waals surface area (Å²) in [4.78, 5) is 28.0. The Morgan fingerprint density at radius 3 is 2.03 bits per heavy atom. The summed E-state index contributed by atoms with van der Waals surface area (Å²) >= 11 is 6.10. The van der Waals surface area contributed by atoms with Crippen molar-refractivity contribution in [3.63, 3.8) is 0 Å². The van der Waals surface area contributed by atoms with Crippen molar-refractivity contribution in [1.29, 1.82) is 0 Å². The van der Waals surface area contributed by atoms with Crippen molar-refractivity contribution < 1.29 is 18.9 Å². The molecule has 37 heavy (non-hydrogen) atoms. The van der Waals surface area contributed by atoms with Crippen LogP contribution in [0, 0.1) is 5.92 Å². The predicted molar refractivity (Wildman–Crippen MR) is 152 cm³/mol. The van der Waals surface area contributed by atoms with Crippen LogP contribution in [0.2, 0.25) is 11.3 Å². The fraction of sp³-hybridized carbons (Fsp3) is 0.733. The molecular weight excluding hydrogens is 485 g/mol. The van der Waals surface area contributed by atoms with Gasteiger partial charge in [-0.1, -0.05) is 36.6 Å². The normalized spacial score (nSPS) is 24.9. The third-order valence-electron chi connectivity index (χ3n) is 8.95. The van der Waals surface area contributed by atoms with E-state index in [1.165, 1.54) is 5.56 Å². The number of benzene rings is 1. The van der Waals surface area contributed by atoms with Crippen LogP contribution in [0.3, 0.4) is 0 Å². The van der Waals surface area contributed by atoms with E-state index in [0.29, 0.717) is 12.3 Å². The number of aldehydes is 1. The van der Waals surface area contributed by atoms with E-state index < -0.39 is 11.1 Å². The molecule has 1 saturated heterocycles. The van der Waals surface area contributed by atoms with E-state index in [2.05, 4.69) is 39.8 Å². The second kappa shape index (κ2) is 11.4. The molecular formula is C30H47BClNO4. The average Bonchev–Trinajstić information content (AvgIpc) is 3.01. The van der Waals surface area contributed by atoms with Crippen LogP contribution < -0.4 is 0 Å². The minimum atomic E-state index is -0.815. The lowest BCUT2D eigenvalue weighted by Crippen LogP contribution is -2.64. The molecule has 0 radical (unpaired) electrons. The highest BCUT2D eigenvalue weighted by atomic mass is 35.5. The van der Waals surface area contributed by atoms with Crippen LogP contribution in [0.5, 0.6) is 0 Å². The molecule has 1 unspecified atom stereocenters. The van der Waals surface area contributed by atoms with Crippen molar-refractivity contribution in [1.82, 2.24) is 4.90 Å². The van der Waals surface area contributed by atoms with Gasteiger partial charge in [-0.2, -0.15) is 0 Å². The summed E-state index contributed by atoms with van der Waals surface area (Å²) < 4.78 is 12.4. The minimum Gasteiger partial charge on any atom is -0.403 e. The van der Waals surface area contributed by atoms with Gasteiger partial charge in [-0.05, 0) is 116 Å². The zero-order valence-electron chi connectivity index (χ0n) is 24.2. The summed E-state index contributed by atoms with van der Waals surface area (Å²) in [6.07, 6.45) is 8.09. The van der Waals surface area contributed by atoms with Crippen molar-refractivity contribution in [2.45, 2.75) is 135 Å². The average molecular weight is 532 g/mol. The Morgan fingerprint density at radius 1 is 1.03 bits per heavy atom. The minimum absolute atomic E-state index is 0.0367. The standard InChI is InChI=1S/C30H47BClNO4/c1-22(35)33(27(2,3)4)30(21-34,19-9-10-20-31-36-28(5,6)29(7,8)37-31)25-15-11-23(12-16-25)24-13-17-26(32)18-14-24/h13-14,17-18,21,23,25H,9-12,15-16,19-20H2,1-8H3. The van der Waals surface area contributed by atoms with E-state index in [4.69, 9.17) is 20.9 Å². The highest BCUT2D eigenvalue weighted by Crippen LogP contribution is 2.46. The van der Waals surface area contributed by atoms with E-state index >= 15 is 0 Å². The zero-order chi connectivity index (χ0) is 27.6. The largest absolute Gasteiger partial charge is 0.457 e. The van der Waals surface area contributed by atoms with E-state index in [-0.39, 0.29) is 30.1 Å². The number of hydrogen-bond acceptors (Lipinski definition) is 4. The molecule has 1 aromatic rings. The fourth-order valence-electron chi connectivity index (χ4n) is 6.56. The van der Waals surface area contributed by atoms with Crippen molar-refractivity contribution >= 4 is 30.9 Å². The maximum absolute atomic E-state index is 13.1. The lowest BCUT2D eigenvalue weighted by molar-refractivity contribution is -0.154. The highest BCUT2D eigenvalue weighted by Gasteiger charge is 2.52. The molecule has 1 aromatic carbocycles. The number of rotatable bonds is 9. The molecule has 7 heteroatoms. The van der Waals surface area contributed by atoms with Crippen LogP contribution in [0.25, 0.3) is 0 Å². The smallest absolute Gasteiger partial charge is 0.403 e. The number of carbonyl (C=O) groups excluding carboxylic acids is 2. The lowest BCUT2D eigenvalue weighted by atomic mass is 9.67. The lowest BCUT2D eigenvalue weighted by Gasteiger charge is -2.53. The van der Waals surface area contributed by atoms with Gasteiger partial charge >= 0.3 is 7.12 Å². The van der Waals surface area contributed by atoms with Gasteiger partial charge in [-0.25, -0.2) is 0 Å². The number of carbonyl (C=O) groups is 2. The highest BCUT2D eigenvalue weighted by molar-refractivity contribution is 6.45. The van der Waals surface area contributed by atoms with Gasteiger partial charge in [0.05, 0.1) is 11.2 Å². The summed E-state index contributed by atoms with van der Waals surface area (Å²) in [6.45, 7) is 16.0. The monoisotopic (exact) mass is 531 g/mol. The summed E-state index contributed by atoms with van der Waals surface area (Å²) in [5.74, 6) is 0.556. The second-order valence-electron chi connectivity index (χ2n) is 13.2. The maximum Gasteiger partial charge on any atom is 0.457 e. The Bertz CT molecular complexity index is 918. The van der Waals surface area contributed by atoms with Crippen LogP contribution in [0.15, 0.2) is 24.3 Å². The predicted octanol–water partition coefficient (Wildman–Crippen LogP) is 7.46. The molecule has 1 saturated carbocycles. The fourth-order valence-corrected chi connectivity index (χ4v) is 6.69. The SMILES string of the molecule is CC(=O)N(C(C)(C)C)C(C=O)(CCCCB1OC(C)(C)C(C)(C)O1)C1CCC(c2ccc(Cl)cc2)CC1. The Hall–Kier alpha value is -1.37. The molecule has 2 fully saturated rings. The molecule has 206 valence electrons. The van der Waals surface area contributed by atoms with E-state index in [1.54, 1.807) is 6.92 Å². The van der Waals surface area contributed by atoms with Gasteiger partial charge in [0.15, 0.2) is 0 Å². The molecule has 0 N–H and O–H groups in total. The molecule has 0 spiro atoms. The summed E-state index contributed by atoms with van der Waals surface area (Å²) in [7, 11) is -0.239. The van der Waals surface area contributed by atoms with Gasteiger partial charge < -0.3 is 19.0 Å². The number of amides is 1. The number of nitrogens with zero attached hydrogens (tertiary/aromatic N) is 1. The first-order valence-corrected chi connectivity index (χ1v) is 14.4. The Morgan fingerprint density at radius 2 is 1.57 bits per heavy atom.